The molecule has 7 heteroatoms. The molecule has 3 rings (SSSR count). The summed E-state index contributed by atoms with van der Waals surface area (Å²) in [6.45, 7) is 2.58. The molecule has 0 N–H and O–H groups in total. The molecule has 1 saturated heterocycles. The van der Waals surface area contributed by atoms with Gasteiger partial charge in [-0.15, -0.1) is 23.1 Å². The number of thiophene rings is 1. The summed E-state index contributed by atoms with van der Waals surface area (Å²) >= 11 is 3.19. The molecule has 4 nitrogen and oxygen atoms in total. The molecular weight excluding hydrogens is 386 g/mol. The second kappa shape index (κ2) is 8.59. The number of amides is 1. The standard InChI is InChI=1S/C19H23NO3S3/c1-15-5-2-3-6-16(15)12-24-13-19(21)20(11-18-7-4-9-25-18)17-8-10-26(22,23)14-17/h2-7,9,17H,8,10-14H2,1H3. The van der Waals surface area contributed by atoms with Crippen LogP contribution in [0.5, 0.6) is 0 Å². The van der Waals surface area contributed by atoms with Crippen LogP contribution in [0.15, 0.2) is 41.8 Å². The number of sulfone groups is 1. The maximum absolute atomic E-state index is 12.9. The van der Waals surface area contributed by atoms with Gasteiger partial charge < -0.3 is 4.90 Å². The Kier molecular flexibility index (Phi) is 6.42. The zero-order valence-corrected chi connectivity index (χ0v) is 17.2. The van der Waals surface area contributed by atoms with E-state index in [0.29, 0.717) is 18.7 Å². The molecule has 0 saturated carbocycles. The maximum Gasteiger partial charge on any atom is 0.233 e. The van der Waals surface area contributed by atoms with Crippen molar-refractivity contribution in [1.29, 1.82) is 0 Å². The Balaban J connectivity index is 1.63. The largest absolute Gasteiger partial charge is 0.333 e. The predicted octanol–water partition coefficient (Wildman–Crippen LogP) is 3.51. The van der Waals surface area contributed by atoms with Gasteiger partial charge >= 0.3 is 0 Å². The number of hydrogen-bond acceptors (Lipinski definition) is 5. The normalized spacial score (nSPS) is 18.7. The molecule has 0 bridgehead atoms. The van der Waals surface area contributed by atoms with E-state index in [1.807, 2.05) is 29.6 Å². The highest BCUT2D eigenvalue weighted by Crippen LogP contribution is 2.24. The second-order valence-corrected chi connectivity index (χ2v) is 10.8. The average Bonchev–Trinajstić information content (AvgIpc) is 3.23. The van der Waals surface area contributed by atoms with Gasteiger partial charge in [0.2, 0.25) is 5.91 Å². The summed E-state index contributed by atoms with van der Waals surface area (Å²) in [7, 11) is -3.02. The van der Waals surface area contributed by atoms with Crippen LogP contribution in [0, 0.1) is 6.92 Å². The zero-order chi connectivity index (χ0) is 18.6. The molecule has 1 amide bonds. The number of rotatable bonds is 7. The Morgan fingerprint density at radius 2 is 2.08 bits per heavy atom. The summed E-state index contributed by atoms with van der Waals surface area (Å²) in [5, 5.41) is 1.98. The van der Waals surface area contributed by atoms with Gasteiger partial charge in [-0.3, -0.25) is 4.79 Å². The molecule has 140 valence electrons. The number of nitrogens with zero attached hydrogens (tertiary/aromatic N) is 1. The Morgan fingerprint density at radius 1 is 1.27 bits per heavy atom. The van der Waals surface area contributed by atoms with Crippen LogP contribution in [0.4, 0.5) is 0 Å². The van der Waals surface area contributed by atoms with Gasteiger partial charge in [0.15, 0.2) is 9.84 Å². The predicted molar refractivity (Wildman–Crippen MR) is 109 cm³/mol. The lowest BCUT2D eigenvalue weighted by Gasteiger charge is -2.28. The van der Waals surface area contributed by atoms with Gasteiger partial charge in [0.1, 0.15) is 0 Å². The number of benzene rings is 1. The Morgan fingerprint density at radius 3 is 2.73 bits per heavy atom. The first-order valence-corrected chi connectivity index (χ1v) is 12.4. The van der Waals surface area contributed by atoms with Crippen LogP contribution < -0.4 is 0 Å². The topological polar surface area (TPSA) is 54.5 Å². The van der Waals surface area contributed by atoms with Crippen molar-refractivity contribution in [2.45, 2.75) is 31.7 Å². The molecule has 1 atom stereocenters. The van der Waals surface area contributed by atoms with E-state index in [1.54, 1.807) is 28.0 Å². The van der Waals surface area contributed by atoms with E-state index in [-0.39, 0.29) is 23.5 Å². The van der Waals surface area contributed by atoms with Crippen molar-refractivity contribution < 1.29 is 13.2 Å². The fourth-order valence-electron chi connectivity index (χ4n) is 3.12. The summed E-state index contributed by atoms with van der Waals surface area (Å²) in [5.74, 6) is 1.46. The van der Waals surface area contributed by atoms with Crippen LogP contribution in [0.3, 0.4) is 0 Å². The van der Waals surface area contributed by atoms with E-state index >= 15 is 0 Å². The molecule has 2 heterocycles. The molecule has 26 heavy (non-hydrogen) atoms. The van der Waals surface area contributed by atoms with Crippen molar-refractivity contribution in [3.63, 3.8) is 0 Å². The van der Waals surface area contributed by atoms with Crippen LogP contribution in [0.25, 0.3) is 0 Å². The third kappa shape index (κ3) is 5.11. The highest BCUT2D eigenvalue weighted by molar-refractivity contribution is 7.99. The fourth-order valence-corrected chi connectivity index (χ4v) is 6.54. The minimum absolute atomic E-state index is 0.0269. The summed E-state index contributed by atoms with van der Waals surface area (Å²) in [4.78, 5) is 15.7. The van der Waals surface area contributed by atoms with Crippen LogP contribution in [-0.2, 0) is 26.9 Å². The third-order valence-electron chi connectivity index (χ3n) is 4.62. The minimum atomic E-state index is -3.02. The molecule has 0 radical (unpaired) electrons. The first kappa shape index (κ1) is 19.5. The summed E-state index contributed by atoms with van der Waals surface area (Å²) in [6, 6.07) is 11.9. The molecule has 2 aromatic rings. The van der Waals surface area contributed by atoms with Crippen molar-refractivity contribution in [2.75, 3.05) is 17.3 Å². The average molecular weight is 410 g/mol. The number of carbonyl (C=O) groups excluding carboxylic acids is 1. The smallest absolute Gasteiger partial charge is 0.233 e. The lowest BCUT2D eigenvalue weighted by Crippen LogP contribution is -2.41. The van der Waals surface area contributed by atoms with Gasteiger partial charge in [0.25, 0.3) is 0 Å². The maximum atomic E-state index is 12.9. The van der Waals surface area contributed by atoms with E-state index in [9.17, 15) is 13.2 Å². The highest BCUT2D eigenvalue weighted by atomic mass is 32.2. The molecular formula is C19H23NO3S3. The van der Waals surface area contributed by atoms with Crippen LogP contribution in [-0.4, -0.2) is 42.5 Å². The van der Waals surface area contributed by atoms with Crippen LogP contribution >= 0.6 is 23.1 Å². The third-order valence-corrected chi connectivity index (χ3v) is 8.20. The summed E-state index contributed by atoms with van der Waals surface area (Å²) in [6.07, 6.45) is 0.544. The van der Waals surface area contributed by atoms with Gasteiger partial charge in [-0.05, 0) is 35.9 Å². The highest BCUT2D eigenvalue weighted by Gasteiger charge is 2.34. The van der Waals surface area contributed by atoms with Crippen LogP contribution in [0.1, 0.15) is 22.4 Å². The number of thioether (sulfide) groups is 1. The molecule has 1 fully saturated rings. The van der Waals surface area contributed by atoms with Gasteiger partial charge in [0.05, 0.1) is 23.8 Å². The number of hydrogen-bond donors (Lipinski definition) is 0. The van der Waals surface area contributed by atoms with Gasteiger partial charge in [0, 0.05) is 16.7 Å². The molecule has 1 unspecified atom stereocenters. The van der Waals surface area contributed by atoms with Crippen molar-refractivity contribution in [3.05, 3.63) is 57.8 Å². The Hall–Kier alpha value is -1.31. The van der Waals surface area contributed by atoms with E-state index in [2.05, 4.69) is 19.1 Å². The van der Waals surface area contributed by atoms with E-state index in [4.69, 9.17) is 0 Å². The molecule has 0 aliphatic carbocycles. The number of aryl methyl sites for hydroxylation is 1. The molecule has 1 aromatic heterocycles. The van der Waals surface area contributed by atoms with Crippen molar-refractivity contribution in [2.24, 2.45) is 0 Å². The Labute approximate surface area is 163 Å². The minimum Gasteiger partial charge on any atom is -0.333 e. The van der Waals surface area contributed by atoms with E-state index in [0.717, 1.165) is 10.6 Å². The zero-order valence-electron chi connectivity index (χ0n) is 14.8. The summed E-state index contributed by atoms with van der Waals surface area (Å²) in [5.41, 5.74) is 2.46. The lowest BCUT2D eigenvalue weighted by atomic mass is 10.1. The quantitative estimate of drug-likeness (QED) is 0.702. The molecule has 1 aliphatic rings. The van der Waals surface area contributed by atoms with Gasteiger partial charge in [-0.2, -0.15) is 0 Å². The molecule has 1 aromatic carbocycles. The van der Waals surface area contributed by atoms with E-state index < -0.39 is 9.84 Å². The van der Waals surface area contributed by atoms with Crippen LogP contribution in [0.2, 0.25) is 0 Å². The first-order chi connectivity index (χ1) is 12.4. The first-order valence-electron chi connectivity index (χ1n) is 8.59. The van der Waals surface area contributed by atoms with Crippen molar-refractivity contribution in [3.8, 4) is 0 Å². The van der Waals surface area contributed by atoms with E-state index in [1.165, 1.54) is 11.1 Å². The van der Waals surface area contributed by atoms with Crippen molar-refractivity contribution in [1.82, 2.24) is 4.90 Å². The monoisotopic (exact) mass is 409 g/mol. The summed E-state index contributed by atoms with van der Waals surface area (Å²) < 4.78 is 23.7. The number of carbonyl (C=O) groups is 1. The molecule has 1 aliphatic heterocycles. The van der Waals surface area contributed by atoms with Gasteiger partial charge in [-0.25, -0.2) is 8.42 Å². The van der Waals surface area contributed by atoms with Crippen molar-refractivity contribution >= 4 is 38.8 Å². The van der Waals surface area contributed by atoms with Gasteiger partial charge in [-0.1, -0.05) is 30.3 Å². The lowest BCUT2D eigenvalue weighted by molar-refractivity contribution is -0.130. The SMILES string of the molecule is Cc1ccccc1CSCC(=O)N(Cc1cccs1)C1CCS(=O)(=O)C1. The fraction of sp³-hybridized carbons (Fsp3) is 0.421. The Bertz CT molecular complexity index is 847. The second-order valence-electron chi connectivity index (χ2n) is 6.58. The molecule has 0 spiro atoms.